The summed E-state index contributed by atoms with van der Waals surface area (Å²) in [6.45, 7) is 4.74. The number of ether oxygens (including phenoxy) is 1. The third kappa shape index (κ3) is 3.38. The summed E-state index contributed by atoms with van der Waals surface area (Å²) in [7, 11) is 1.69. The van der Waals surface area contributed by atoms with Crippen LogP contribution in [0.1, 0.15) is 17.1 Å². The second-order valence-electron chi connectivity index (χ2n) is 4.00. The maximum absolute atomic E-state index is 4.95. The van der Waals surface area contributed by atoms with Gasteiger partial charge in [-0.15, -0.1) is 0 Å². The van der Waals surface area contributed by atoms with E-state index in [1.54, 1.807) is 13.4 Å². The fourth-order valence-corrected chi connectivity index (χ4v) is 1.54. The number of hydrogen-bond acceptors (Lipinski definition) is 6. The molecule has 2 aromatic rings. The van der Waals surface area contributed by atoms with Gasteiger partial charge in [0.05, 0.1) is 25.2 Å². The molecule has 2 heterocycles. The van der Waals surface area contributed by atoms with Crippen molar-refractivity contribution in [2.75, 3.05) is 20.3 Å². The van der Waals surface area contributed by atoms with Crippen molar-refractivity contribution in [3.63, 3.8) is 0 Å². The molecule has 7 nitrogen and oxygen atoms in total. The molecule has 0 radical (unpaired) electrons. The number of imidazole rings is 1. The Morgan fingerprint density at radius 2 is 2.33 bits per heavy atom. The van der Waals surface area contributed by atoms with Crippen molar-refractivity contribution in [2.45, 2.75) is 20.0 Å². The van der Waals surface area contributed by atoms with E-state index in [-0.39, 0.29) is 0 Å². The van der Waals surface area contributed by atoms with E-state index in [1.807, 2.05) is 17.7 Å². The van der Waals surface area contributed by atoms with Gasteiger partial charge >= 0.3 is 0 Å². The van der Waals surface area contributed by atoms with E-state index < -0.39 is 0 Å². The fourth-order valence-electron chi connectivity index (χ4n) is 1.54. The standard InChI is InChI=1S/C11H17N5O2/c1-9-11(15-18-14-9)7-16-6-10(13-8-16)5-12-3-4-17-2/h6,8,12H,3-5,7H2,1-2H3. The zero-order valence-electron chi connectivity index (χ0n) is 10.6. The zero-order valence-corrected chi connectivity index (χ0v) is 10.6. The van der Waals surface area contributed by atoms with Crippen LogP contribution < -0.4 is 5.32 Å². The molecule has 1 N–H and O–H groups in total. The van der Waals surface area contributed by atoms with Crippen molar-refractivity contribution in [3.8, 4) is 0 Å². The predicted octanol–water partition coefficient (Wildman–Crippen LogP) is 0.359. The van der Waals surface area contributed by atoms with Gasteiger partial charge in [0.1, 0.15) is 11.4 Å². The van der Waals surface area contributed by atoms with E-state index in [1.165, 1.54) is 0 Å². The van der Waals surface area contributed by atoms with Gasteiger partial charge in [-0.2, -0.15) is 0 Å². The van der Waals surface area contributed by atoms with Crippen LogP contribution in [-0.4, -0.2) is 40.1 Å². The number of aromatic nitrogens is 4. The van der Waals surface area contributed by atoms with E-state index in [0.717, 1.165) is 30.2 Å². The third-order valence-corrected chi connectivity index (χ3v) is 2.55. The smallest absolute Gasteiger partial charge is 0.127 e. The second kappa shape index (κ2) is 6.27. The van der Waals surface area contributed by atoms with Gasteiger partial charge in [-0.3, -0.25) is 0 Å². The van der Waals surface area contributed by atoms with E-state index in [0.29, 0.717) is 13.2 Å². The van der Waals surface area contributed by atoms with Gasteiger partial charge in [0, 0.05) is 26.4 Å². The van der Waals surface area contributed by atoms with E-state index >= 15 is 0 Å². The summed E-state index contributed by atoms with van der Waals surface area (Å²) in [5, 5.41) is 10.8. The maximum atomic E-state index is 4.95. The van der Waals surface area contributed by atoms with Gasteiger partial charge in [0.15, 0.2) is 0 Å². The quantitative estimate of drug-likeness (QED) is 0.716. The van der Waals surface area contributed by atoms with Crippen molar-refractivity contribution in [3.05, 3.63) is 29.6 Å². The molecule has 2 aromatic heterocycles. The minimum absolute atomic E-state index is 0.625. The maximum Gasteiger partial charge on any atom is 0.127 e. The lowest BCUT2D eigenvalue weighted by Gasteiger charge is -2.00. The molecule has 2 rings (SSSR count). The van der Waals surface area contributed by atoms with Crippen LogP contribution in [0.5, 0.6) is 0 Å². The Labute approximate surface area is 105 Å². The molecule has 0 fully saturated rings. The summed E-state index contributed by atoms with van der Waals surface area (Å²) in [6.07, 6.45) is 3.76. The second-order valence-corrected chi connectivity index (χ2v) is 4.00. The molecule has 0 unspecified atom stereocenters. The fraction of sp³-hybridized carbons (Fsp3) is 0.545. The Hall–Kier alpha value is -1.73. The molecule has 0 saturated heterocycles. The molecular formula is C11H17N5O2. The molecular weight excluding hydrogens is 234 g/mol. The van der Waals surface area contributed by atoms with Crippen molar-refractivity contribution >= 4 is 0 Å². The van der Waals surface area contributed by atoms with E-state index in [4.69, 9.17) is 4.74 Å². The van der Waals surface area contributed by atoms with Crippen LogP contribution in [0.3, 0.4) is 0 Å². The van der Waals surface area contributed by atoms with Gasteiger partial charge in [0.2, 0.25) is 0 Å². The molecule has 18 heavy (non-hydrogen) atoms. The van der Waals surface area contributed by atoms with Crippen LogP contribution in [0.4, 0.5) is 0 Å². The largest absolute Gasteiger partial charge is 0.383 e. The average Bonchev–Trinajstić information content (AvgIpc) is 2.96. The molecule has 0 amide bonds. The molecule has 98 valence electrons. The number of methoxy groups -OCH3 is 1. The molecule has 0 aromatic carbocycles. The molecule has 0 spiro atoms. The number of rotatable bonds is 7. The van der Waals surface area contributed by atoms with E-state index in [9.17, 15) is 0 Å². The van der Waals surface area contributed by atoms with Crippen LogP contribution in [0, 0.1) is 6.92 Å². The van der Waals surface area contributed by atoms with Crippen LogP contribution in [-0.2, 0) is 17.8 Å². The molecule has 0 saturated carbocycles. The van der Waals surface area contributed by atoms with Crippen LogP contribution >= 0.6 is 0 Å². The van der Waals surface area contributed by atoms with Gasteiger partial charge in [-0.25, -0.2) is 9.61 Å². The monoisotopic (exact) mass is 251 g/mol. The first-order valence-corrected chi connectivity index (χ1v) is 5.78. The Morgan fingerprint density at radius 1 is 1.44 bits per heavy atom. The summed E-state index contributed by atoms with van der Waals surface area (Å²) in [4.78, 5) is 4.30. The topological polar surface area (TPSA) is 78.0 Å². The lowest BCUT2D eigenvalue weighted by Crippen LogP contribution is -2.18. The highest BCUT2D eigenvalue weighted by atomic mass is 16.6. The molecule has 0 aliphatic rings. The van der Waals surface area contributed by atoms with Crippen molar-refractivity contribution in [1.82, 2.24) is 25.2 Å². The highest BCUT2D eigenvalue weighted by Crippen LogP contribution is 2.04. The van der Waals surface area contributed by atoms with Crippen molar-refractivity contribution in [2.24, 2.45) is 0 Å². The summed E-state index contributed by atoms with van der Waals surface area (Å²) in [5.74, 6) is 0. The van der Waals surface area contributed by atoms with E-state index in [2.05, 4.69) is 25.2 Å². The minimum Gasteiger partial charge on any atom is -0.383 e. The Morgan fingerprint density at radius 3 is 3.06 bits per heavy atom. The van der Waals surface area contributed by atoms with Gasteiger partial charge < -0.3 is 14.6 Å². The lowest BCUT2D eigenvalue weighted by atomic mass is 10.3. The van der Waals surface area contributed by atoms with Crippen LogP contribution in [0.2, 0.25) is 0 Å². The minimum atomic E-state index is 0.625. The number of nitrogens with zero attached hydrogens (tertiary/aromatic N) is 4. The number of nitrogens with one attached hydrogen (secondary N) is 1. The summed E-state index contributed by atoms with van der Waals surface area (Å²) in [6, 6.07) is 0. The van der Waals surface area contributed by atoms with Gasteiger partial charge in [-0.1, -0.05) is 10.3 Å². The Bertz CT molecular complexity index is 479. The van der Waals surface area contributed by atoms with Crippen molar-refractivity contribution in [1.29, 1.82) is 0 Å². The molecule has 0 bridgehead atoms. The van der Waals surface area contributed by atoms with Crippen LogP contribution in [0.25, 0.3) is 0 Å². The normalized spacial score (nSPS) is 11.0. The SMILES string of the molecule is COCCNCc1cn(Cc2nonc2C)cn1. The first-order valence-electron chi connectivity index (χ1n) is 5.78. The predicted molar refractivity (Wildman–Crippen MR) is 63.9 cm³/mol. The zero-order chi connectivity index (χ0) is 12.8. The number of hydrogen-bond donors (Lipinski definition) is 1. The Balaban J connectivity index is 1.84. The lowest BCUT2D eigenvalue weighted by molar-refractivity contribution is 0.199. The summed E-state index contributed by atoms with van der Waals surface area (Å²) < 4.78 is 11.6. The van der Waals surface area contributed by atoms with Crippen molar-refractivity contribution < 1.29 is 9.37 Å². The van der Waals surface area contributed by atoms with Crippen LogP contribution in [0.15, 0.2) is 17.2 Å². The summed E-state index contributed by atoms with van der Waals surface area (Å²) >= 11 is 0. The average molecular weight is 251 g/mol. The third-order valence-electron chi connectivity index (χ3n) is 2.55. The first-order chi connectivity index (χ1) is 8.79. The molecule has 0 aliphatic carbocycles. The molecule has 0 aliphatic heterocycles. The highest BCUT2D eigenvalue weighted by Gasteiger charge is 2.06. The number of aryl methyl sites for hydroxylation is 1. The molecule has 7 heteroatoms. The summed E-state index contributed by atoms with van der Waals surface area (Å²) in [5.41, 5.74) is 2.62. The van der Waals surface area contributed by atoms with Gasteiger partial charge in [0.25, 0.3) is 0 Å². The first kappa shape index (κ1) is 12.7. The highest BCUT2D eigenvalue weighted by molar-refractivity contribution is 5.07. The van der Waals surface area contributed by atoms with Gasteiger partial charge in [-0.05, 0) is 6.92 Å². The molecule has 0 atom stereocenters. The Kier molecular flexibility index (Phi) is 4.43.